The number of aryl methyl sites for hydroxylation is 1. The van der Waals surface area contributed by atoms with E-state index in [4.69, 9.17) is 4.74 Å². The van der Waals surface area contributed by atoms with Crippen LogP contribution in [0.1, 0.15) is 20.3 Å². The first kappa shape index (κ1) is 19.8. The van der Waals surface area contributed by atoms with E-state index in [0.717, 1.165) is 5.69 Å². The highest BCUT2D eigenvalue weighted by atomic mass is 32.1. The summed E-state index contributed by atoms with van der Waals surface area (Å²) in [5.74, 6) is -0.837. The minimum atomic E-state index is -0.539. The summed E-state index contributed by atoms with van der Waals surface area (Å²) in [5.41, 5.74) is 0.561. The molecule has 1 aromatic carbocycles. The number of anilines is 1. The van der Waals surface area contributed by atoms with Gasteiger partial charge in [0, 0.05) is 18.3 Å². The first-order valence-electron chi connectivity index (χ1n) is 8.92. The lowest BCUT2D eigenvalue weighted by molar-refractivity contribution is -0.148. The van der Waals surface area contributed by atoms with Gasteiger partial charge in [-0.2, -0.15) is 0 Å². The Hall–Kier alpha value is -3.00. The van der Waals surface area contributed by atoms with Gasteiger partial charge in [0.1, 0.15) is 4.83 Å². The number of esters is 1. The van der Waals surface area contributed by atoms with Crippen molar-refractivity contribution in [1.29, 1.82) is 0 Å². The minimum Gasteiger partial charge on any atom is -0.455 e. The third kappa shape index (κ3) is 4.45. The number of carbonyl (C=O) groups excluding carboxylic acids is 2. The summed E-state index contributed by atoms with van der Waals surface area (Å²) in [5, 5.41) is 2.34. The molecule has 0 aliphatic rings. The number of fused-ring (bicyclic) bond motifs is 1. The highest BCUT2D eigenvalue weighted by Crippen LogP contribution is 2.17. The zero-order valence-electron chi connectivity index (χ0n) is 15.7. The molecule has 0 aliphatic heterocycles. The number of carbonyl (C=O) groups is 2. The van der Waals surface area contributed by atoms with Crippen molar-refractivity contribution in [2.24, 2.45) is 0 Å². The second-order valence-electron chi connectivity index (χ2n) is 6.49. The predicted octanol–water partition coefficient (Wildman–Crippen LogP) is 2.83. The summed E-state index contributed by atoms with van der Waals surface area (Å²) >= 11 is 1.39. The van der Waals surface area contributed by atoms with E-state index in [9.17, 15) is 14.4 Å². The number of amides is 1. The molecule has 28 heavy (non-hydrogen) atoms. The molecule has 0 N–H and O–H groups in total. The van der Waals surface area contributed by atoms with Crippen LogP contribution in [0, 0.1) is 0 Å². The molecule has 3 rings (SSSR count). The number of aromatic nitrogens is 2. The second kappa shape index (κ2) is 8.79. The number of hydrogen-bond acceptors (Lipinski definition) is 6. The van der Waals surface area contributed by atoms with Gasteiger partial charge in [0.25, 0.3) is 11.5 Å². The molecule has 0 fully saturated rings. The fraction of sp³-hybridized carbons (Fsp3) is 0.300. The van der Waals surface area contributed by atoms with Crippen LogP contribution in [0.5, 0.6) is 0 Å². The highest BCUT2D eigenvalue weighted by molar-refractivity contribution is 7.16. The smallest absolute Gasteiger partial charge is 0.308 e. The normalized spacial score (nSPS) is 11.0. The summed E-state index contributed by atoms with van der Waals surface area (Å²) in [6, 6.07) is 10.9. The lowest BCUT2D eigenvalue weighted by atomic mass is 10.2. The maximum atomic E-state index is 12.5. The van der Waals surface area contributed by atoms with Gasteiger partial charge in [0.2, 0.25) is 0 Å². The largest absolute Gasteiger partial charge is 0.455 e. The molecule has 7 nitrogen and oxygen atoms in total. The lowest BCUT2D eigenvalue weighted by Crippen LogP contribution is -2.40. The van der Waals surface area contributed by atoms with Gasteiger partial charge in [0.05, 0.1) is 18.1 Å². The first-order valence-corrected chi connectivity index (χ1v) is 9.80. The van der Waals surface area contributed by atoms with Crippen LogP contribution in [0.15, 0.2) is 52.9 Å². The fourth-order valence-electron chi connectivity index (χ4n) is 2.87. The Bertz CT molecular complexity index is 1030. The third-order valence-electron chi connectivity index (χ3n) is 4.18. The molecule has 0 spiro atoms. The van der Waals surface area contributed by atoms with Crippen LogP contribution in [0.3, 0.4) is 0 Å². The van der Waals surface area contributed by atoms with Gasteiger partial charge < -0.3 is 9.64 Å². The van der Waals surface area contributed by atoms with Crippen LogP contribution in [-0.2, 0) is 20.9 Å². The first-order chi connectivity index (χ1) is 13.5. The highest BCUT2D eigenvalue weighted by Gasteiger charge is 2.20. The van der Waals surface area contributed by atoms with Crippen molar-refractivity contribution >= 4 is 39.1 Å². The van der Waals surface area contributed by atoms with E-state index >= 15 is 0 Å². The average molecular weight is 399 g/mol. The van der Waals surface area contributed by atoms with Gasteiger partial charge in [0.15, 0.2) is 6.61 Å². The van der Waals surface area contributed by atoms with E-state index < -0.39 is 5.97 Å². The van der Waals surface area contributed by atoms with Crippen molar-refractivity contribution in [2.75, 3.05) is 11.5 Å². The Morgan fingerprint density at radius 1 is 1.21 bits per heavy atom. The fourth-order valence-corrected chi connectivity index (χ4v) is 3.59. The molecule has 2 aromatic heterocycles. The van der Waals surface area contributed by atoms with Crippen LogP contribution in [0.25, 0.3) is 10.2 Å². The van der Waals surface area contributed by atoms with Gasteiger partial charge in [-0.05, 0) is 37.4 Å². The Morgan fingerprint density at radius 2 is 1.96 bits per heavy atom. The van der Waals surface area contributed by atoms with Gasteiger partial charge in [-0.3, -0.25) is 19.0 Å². The molecule has 1 amide bonds. The molecule has 3 aromatic rings. The van der Waals surface area contributed by atoms with Gasteiger partial charge >= 0.3 is 5.97 Å². The molecule has 2 heterocycles. The molecule has 0 aliphatic carbocycles. The van der Waals surface area contributed by atoms with Crippen molar-refractivity contribution in [3.05, 3.63) is 58.5 Å². The van der Waals surface area contributed by atoms with Gasteiger partial charge in [-0.15, -0.1) is 11.3 Å². The zero-order chi connectivity index (χ0) is 20.1. The molecule has 0 bridgehead atoms. The maximum absolute atomic E-state index is 12.5. The summed E-state index contributed by atoms with van der Waals surface area (Å²) < 4.78 is 6.50. The standard InChI is InChI=1S/C20H21N3O4S/c1-14(2)23(15-6-4-3-5-7-15)17(24)12-27-18(25)8-10-22-13-21-19-16(20(22)26)9-11-28-19/h3-7,9,11,13-14H,8,10,12H2,1-2H3. The van der Waals surface area contributed by atoms with Crippen LogP contribution < -0.4 is 10.5 Å². The molecular weight excluding hydrogens is 378 g/mol. The summed E-state index contributed by atoms with van der Waals surface area (Å²) in [4.78, 5) is 43.3. The van der Waals surface area contributed by atoms with Crippen molar-refractivity contribution in [3.8, 4) is 0 Å². The quantitative estimate of drug-likeness (QED) is 0.571. The van der Waals surface area contributed by atoms with Crippen LogP contribution >= 0.6 is 11.3 Å². The molecule has 146 valence electrons. The third-order valence-corrected chi connectivity index (χ3v) is 5.00. The summed E-state index contributed by atoms with van der Waals surface area (Å²) in [7, 11) is 0. The Balaban J connectivity index is 1.56. The van der Waals surface area contributed by atoms with Gasteiger partial charge in [-0.25, -0.2) is 4.98 Å². The number of hydrogen-bond donors (Lipinski definition) is 0. The Kier molecular flexibility index (Phi) is 6.20. The van der Waals surface area contributed by atoms with E-state index in [2.05, 4.69) is 4.98 Å². The average Bonchev–Trinajstić information content (AvgIpc) is 3.16. The van der Waals surface area contributed by atoms with Gasteiger partial charge in [-0.1, -0.05) is 18.2 Å². The lowest BCUT2D eigenvalue weighted by Gasteiger charge is -2.26. The van der Waals surface area contributed by atoms with Crippen molar-refractivity contribution in [2.45, 2.75) is 32.9 Å². The minimum absolute atomic E-state index is 0.0163. The zero-order valence-corrected chi connectivity index (χ0v) is 16.5. The molecule has 0 saturated carbocycles. The van der Waals surface area contributed by atoms with Crippen LogP contribution in [-0.4, -0.2) is 34.1 Å². The number of rotatable bonds is 7. The van der Waals surface area contributed by atoms with Crippen molar-refractivity contribution < 1.29 is 14.3 Å². The number of ether oxygens (including phenoxy) is 1. The molecule has 8 heteroatoms. The number of nitrogens with zero attached hydrogens (tertiary/aromatic N) is 3. The van der Waals surface area contributed by atoms with E-state index in [0.29, 0.717) is 10.2 Å². The number of benzene rings is 1. The van der Waals surface area contributed by atoms with Crippen LogP contribution in [0.2, 0.25) is 0 Å². The van der Waals surface area contributed by atoms with Crippen molar-refractivity contribution in [3.63, 3.8) is 0 Å². The monoisotopic (exact) mass is 399 g/mol. The van der Waals surface area contributed by atoms with E-state index in [1.165, 1.54) is 22.2 Å². The Labute approximate surface area is 166 Å². The molecule has 0 radical (unpaired) electrons. The van der Waals surface area contributed by atoms with E-state index in [-0.39, 0.29) is 37.1 Å². The predicted molar refractivity (Wildman–Crippen MR) is 109 cm³/mol. The summed E-state index contributed by atoms with van der Waals surface area (Å²) in [6.45, 7) is 3.60. The molecule has 0 saturated heterocycles. The Morgan fingerprint density at radius 3 is 2.68 bits per heavy atom. The molecular formula is C20H21N3O4S. The number of thiophene rings is 1. The SMILES string of the molecule is CC(C)N(C(=O)COC(=O)CCn1cnc2sccc2c1=O)c1ccccc1. The maximum Gasteiger partial charge on any atom is 0.308 e. The van der Waals surface area contributed by atoms with Crippen LogP contribution in [0.4, 0.5) is 5.69 Å². The van der Waals surface area contributed by atoms with Crippen molar-refractivity contribution in [1.82, 2.24) is 9.55 Å². The topological polar surface area (TPSA) is 81.5 Å². The number of para-hydroxylation sites is 1. The van der Waals surface area contributed by atoms with E-state index in [1.807, 2.05) is 44.2 Å². The molecule has 0 unspecified atom stereocenters. The van der Waals surface area contributed by atoms with E-state index in [1.54, 1.807) is 16.3 Å². The summed E-state index contributed by atoms with van der Waals surface area (Å²) in [6.07, 6.45) is 1.41. The molecule has 0 atom stereocenters. The second-order valence-corrected chi connectivity index (χ2v) is 7.38.